The molecule has 2 aliphatic rings. The summed E-state index contributed by atoms with van der Waals surface area (Å²) in [5.74, 6) is -0.0578. The van der Waals surface area contributed by atoms with E-state index >= 15 is 0 Å². The fourth-order valence-electron chi connectivity index (χ4n) is 5.47. The number of likely N-dealkylation sites (tertiary alicyclic amines) is 1. The number of nitrogens with zero attached hydrogens (tertiary/aromatic N) is 2. The van der Waals surface area contributed by atoms with E-state index in [1.54, 1.807) is 26.2 Å². The highest BCUT2D eigenvalue weighted by molar-refractivity contribution is 6.06. The maximum atomic E-state index is 13.8. The van der Waals surface area contributed by atoms with Crippen LogP contribution in [0.5, 0.6) is 0 Å². The highest BCUT2D eigenvalue weighted by atomic mass is 16.2. The summed E-state index contributed by atoms with van der Waals surface area (Å²) >= 11 is 0. The van der Waals surface area contributed by atoms with Crippen molar-refractivity contribution in [1.29, 1.82) is 0 Å². The lowest BCUT2D eigenvalue weighted by molar-refractivity contribution is -0.141. The van der Waals surface area contributed by atoms with Gasteiger partial charge in [-0.25, -0.2) is 0 Å². The molecule has 3 unspecified atom stereocenters. The van der Waals surface area contributed by atoms with Gasteiger partial charge in [-0.05, 0) is 56.7 Å². The Morgan fingerprint density at radius 3 is 2.54 bits per heavy atom. The quantitative estimate of drug-likeness (QED) is 0.591. The summed E-state index contributed by atoms with van der Waals surface area (Å²) in [6.45, 7) is 8.32. The molecule has 0 radical (unpaired) electrons. The first-order valence-electron chi connectivity index (χ1n) is 12.5. The van der Waals surface area contributed by atoms with Crippen LogP contribution in [0, 0.1) is 11.3 Å². The maximum absolute atomic E-state index is 13.8. The van der Waals surface area contributed by atoms with Crippen LogP contribution in [-0.2, 0) is 9.59 Å². The van der Waals surface area contributed by atoms with Crippen molar-refractivity contribution in [2.45, 2.75) is 71.1 Å². The fourth-order valence-corrected chi connectivity index (χ4v) is 5.47. The number of aromatic nitrogens is 1. The molecule has 188 valence electrons. The SMILES string of the molecule is CN[C@@H](C)C(=O)N[C@H](C(=O)N1CCC2CCC(NC(=O)c3ccnc4ccccc34)C21)C(C)(C)C. The van der Waals surface area contributed by atoms with E-state index in [0.717, 1.165) is 30.2 Å². The Bertz CT molecular complexity index is 1110. The van der Waals surface area contributed by atoms with Crippen LogP contribution in [0.15, 0.2) is 36.5 Å². The summed E-state index contributed by atoms with van der Waals surface area (Å²) in [7, 11) is 1.72. The van der Waals surface area contributed by atoms with Gasteiger partial charge in [-0.2, -0.15) is 0 Å². The topological polar surface area (TPSA) is 103 Å². The van der Waals surface area contributed by atoms with Crippen LogP contribution in [0.2, 0.25) is 0 Å². The fraction of sp³-hybridized carbons (Fsp3) is 0.556. The van der Waals surface area contributed by atoms with Crippen molar-refractivity contribution >= 4 is 28.6 Å². The number of benzene rings is 1. The Labute approximate surface area is 207 Å². The van der Waals surface area contributed by atoms with Crippen molar-refractivity contribution in [3.63, 3.8) is 0 Å². The second-order valence-corrected chi connectivity index (χ2v) is 10.9. The molecule has 2 heterocycles. The van der Waals surface area contributed by atoms with Crippen LogP contribution in [0.3, 0.4) is 0 Å². The largest absolute Gasteiger partial charge is 0.347 e. The van der Waals surface area contributed by atoms with Gasteiger partial charge < -0.3 is 20.9 Å². The number of carbonyl (C=O) groups excluding carboxylic acids is 3. The van der Waals surface area contributed by atoms with E-state index in [2.05, 4.69) is 20.9 Å². The number of hydrogen-bond acceptors (Lipinski definition) is 5. The molecule has 1 saturated heterocycles. The molecule has 0 bridgehead atoms. The molecular formula is C27H37N5O3. The molecule has 1 aliphatic carbocycles. The average molecular weight is 480 g/mol. The Morgan fingerprint density at radius 1 is 1.09 bits per heavy atom. The van der Waals surface area contributed by atoms with Gasteiger partial charge in [0, 0.05) is 24.2 Å². The van der Waals surface area contributed by atoms with E-state index in [4.69, 9.17) is 0 Å². The van der Waals surface area contributed by atoms with E-state index in [1.807, 2.05) is 49.9 Å². The lowest BCUT2D eigenvalue weighted by atomic mass is 9.85. The summed E-state index contributed by atoms with van der Waals surface area (Å²) in [5.41, 5.74) is 0.920. The monoisotopic (exact) mass is 479 g/mol. The van der Waals surface area contributed by atoms with Crippen LogP contribution < -0.4 is 16.0 Å². The van der Waals surface area contributed by atoms with Crippen molar-refractivity contribution in [1.82, 2.24) is 25.8 Å². The molecule has 1 aromatic heterocycles. The predicted molar refractivity (Wildman–Crippen MR) is 136 cm³/mol. The summed E-state index contributed by atoms with van der Waals surface area (Å²) < 4.78 is 0. The first-order chi connectivity index (χ1) is 16.6. The Morgan fingerprint density at radius 2 is 1.83 bits per heavy atom. The van der Waals surface area contributed by atoms with Gasteiger partial charge >= 0.3 is 0 Å². The lowest BCUT2D eigenvalue weighted by Gasteiger charge is -2.38. The number of pyridine rings is 1. The van der Waals surface area contributed by atoms with E-state index in [-0.39, 0.29) is 29.8 Å². The number of para-hydroxylation sites is 1. The van der Waals surface area contributed by atoms with Crippen molar-refractivity contribution in [3.05, 3.63) is 42.1 Å². The highest BCUT2D eigenvalue weighted by Gasteiger charge is 2.49. The predicted octanol–water partition coefficient (Wildman–Crippen LogP) is 2.48. The van der Waals surface area contributed by atoms with Crippen LogP contribution >= 0.6 is 0 Å². The molecule has 5 atom stereocenters. The minimum atomic E-state index is -0.648. The van der Waals surface area contributed by atoms with Crippen molar-refractivity contribution < 1.29 is 14.4 Å². The minimum Gasteiger partial charge on any atom is -0.347 e. The van der Waals surface area contributed by atoms with Crippen LogP contribution in [0.1, 0.15) is 57.3 Å². The summed E-state index contributed by atoms with van der Waals surface area (Å²) in [6, 6.07) is 8.12. The standard InChI is InChI=1S/C27H37N5O3/c1-16(28-5)24(33)31-23(27(2,3)4)26(35)32-15-13-17-10-11-21(22(17)32)30-25(34)19-12-14-29-20-9-7-6-8-18(19)20/h6-9,12,14,16-17,21-23,28H,10-11,13,15H2,1-5H3,(H,30,34)(H,31,33)/t16-,17?,21?,22?,23+/m0/s1. The molecule has 1 aromatic carbocycles. The van der Waals surface area contributed by atoms with E-state index in [0.29, 0.717) is 18.0 Å². The van der Waals surface area contributed by atoms with Crippen LogP contribution in [0.4, 0.5) is 0 Å². The Balaban J connectivity index is 1.54. The second-order valence-electron chi connectivity index (χ2n) is 10.9. The molecular weight excluding hydrogens is 442 g/mol. The zero-order valence-corrected chi connectivity index (χ0v) is 21.3. The molecule has 3 N–H and O–H groups in total. The second kappa shape index (κ2) is 9.93. The van der Waals surface area contributed by atoms with Crippen LogP contribution in [0.25, 0.3) is 10.9 Å². The van der Waals surface area contributed by atoms with E-state index < -0.39 is 17.5 Å². The molecule has 2 fully saturated rings. The first kappa shape index (κ1) is 25.1. The zero-order chi connectivity index (χ0) is 25.3. The normalized spacial score (nSPS) is 23.6. The number of hydrogen-bond donors (Lipinski definition) is 3. The minimum absolute atomic E-state index is 0.0666. The molecule has 1 aliphatic heterocycles. The number of amides is 3. The molecule has 0 spiro atoms. The molecule has 8 heteroatoms. The van der Waals surface area contributed by atoms with Gasteiger partial charge in [0.15, 0.2) is 0 Å². The van der Waals surface area contributed by atoms with E-state index in [9.17, 15) is 14.4 Å². The van der Waals surface area contributed by atoms with Crippen molar-refractivity contribution in [3.8, 4) is 0 Å². The van der Waals surface area contributed by atoms with Gasteiger partial charge in [-0.15, -0.1) is 0 Å². The smallest absolute Gasteiger partial charge is 0.252 e. The van der Waals surface area contributed by atoms with Gasteiger partial charge in [0.05, 0.1) is 23.2 Å². The third-order valence-corrected chi connectivity index (χ3v) is 7.56. The molecule has 3 amide bonds. The van der Waals surface area contributed by atoms with Crippen molar-refractivity contribution in [2.24, 2.45) is 11.3 Å². The van der Waals surface area contributed by atoms with Gasteiger partial charge in [0.1, 0.15) is 6.04 Å². The van der Waals surface area contributed by atoms with Crippen LogP contribution in [-0.4, -0.2) is 65.4 Å². The summed E-state index contributed by atoms with van der Waals surface area (Å²) in [6.07, 6.45) is 4.37. The number of rotatable bonds is 6. The Kier molecular flexibility index (Phi) is 7.12. The number of fused-ring (bicyclic) bond motifs is 2. The third kappa shape index (κ3) is 5.03. The molecule has 4 rings (SSSR count). The number of nitrogens with one attached hydrogen (secondary N) is 3. The van der Waals surface area contributed by atoms with Gasteiger partial charge in [0.25, 0.3) is 5.91 Å². The Hall–Kier alpha value is -3.00. The molecule has 35 heavy (non-hydrogen) atoms. The summed E-state index contributed by atoms with van der Waals surface area (Å²) in [4.78, 5) is 46.1. The van der Waals surface area contributed by atoms with Crippen molar-refractivity contribution in [2.75, 3.05) is 13.6 Å². The third-order valence-electron chi connectivity index (χ3n) is 7.56. The molecule has 2 aromatic rings. The van der Waals surface area contributed by atoms with Gasteiger partial charge in [-0.1, -0.05) is 39.0 Å². The van der Waals surface area contributed by atoms with Gasteiger partial charge in [-0.3, -0.25) is 19.4 Å². The van der Waals surface area contributed by atoms with Gasteiger partial charge in [0.2, 0.25) is 11.8 Å². The first-order valence-corrected chi connectivity index (χ1v) is 12.5. The molecule has 8 nitrogen and oxygen atoms in total. The average Bonchev–Trinajstić information content (AvgIpc) is 3.43. The van der Waals surface area contributed by atoms with E-state index in [1.165, 1.54) is 0 Å². The zero-order valence-electron chi connectivity index (χ0n) is 21.3. The molecule has 1 saturated carbocycles. The lowest BCUT2D eigenvalue weighted by Crippen LogP contribution is -2.60. The summed E-state index contributed by atoms with van der Waals surface area (Å²) in [5, 5.41) is 9.96. The maximum Gasteiger partial charge on any atom is 0.252 e. The number of likely N-dealkylation sites (N-methyl/N-ethyl adjacent to an activating group) is 1. The number of carbonyl (C=O) groups is 3. The highest BCUT2D eigenvalue weighted by Crippen LogP contribution is 2.39.